The molecule has 0 unspecified atom stereocenters. The number of rotatable bonds is 11. The summed E-state index contributed by atoms with van der Waals surface area (Å²) < 4.78 is 79.5. The molecule has 0 fully saturated rings. The second-order valence-electron chi connectivity index (χ2n) is 8.26. The number of carbonyl (C=O) groups excluding carboxylic acids is 1. The lowest BCUT2D eigenvalue weighted by atomic mass is 10.3. The molecule has 2 N–H and O–H groups in total. The van der Waals surface area contributed by atoms with Gasteiger partial charge < -0.3 is 14.8 Å². The van der Waals surface area contributed by atoms with Gasteiger partial charge in [-0.05, 0) is 66.7 Å². The van der Waals surface area contributed by atoms with Crippen molar-refractivity contribution in [1.29, 1.82) is 0 Å². The van der Waals surface area contributed by atoms with Gasteiger partial charge >= 0.3 is 0 Å². The maximum absolute atomic E-state index is 13.7. The van der Waals surface area contributed by atoms with Crippen LogP contribution in [-0.2, 0) is 24.8 Å². The molecule has 0 atom stereocenters. The van der Waals surface area contributed by atoms with E-state index in [1.807, 2.05) is 0 Å². The van der Waals surface area contributed by atoms with Gasteiger partial charge in [-0.1, -0.05) is 0 Å². The van der Waals surface area contributed by atoms with Crippen molar-refractivity contribution in [3.63, 3.8) is 0 Å². The first-order valence-corrected chi connectivity index (χ1v) is 14.7. The van der Waals surface area contributed by atoms with Crippen molar-refractivity contribution in [3.05, 3.63) is 91.0 Å². The summed E-state index contributed by atoms with van der Waals surface area (Å²) in [6.07, 6.45) is 2.76. The van der Waals surface area contributed by atoms with Crippen molar-refractivity contribution in [2.45, 2.75) is 9.79 Å². The largest absolute Gasteiger partial charge is 0.493 e. The van der Waals surface area contributed by atoms with Crippen LogP contribution in [0.4, 0.5) is 21.7 Å². The SMILES string of the molecule is COc1ccc(S(=O)(=O)N(CC(=O)Nc2ccc(S(=O)(=O)Nc3ncccn3)cc2)c2ccc(F)cc2)cc1OC. The maximum atomic E-state index is 13.7. The minimum Gasteiger partial charge on any atom is -0.493 e. The molecular formula is C26H24FN5O7S2. The molecule has 0 aliphatic rings. The number of aromatic nitrogens is 2. The summed E-state index contributed by atoms with van der Waals surface area (Å²) in [5.41, 5.74) is 0.236. The van der Waals surface area contributed by atoms with Crippen LogP contribution in [0, 0.1) is 5.82 Å². The quantitative estimate of drug-likeness (QED) is 0.263. The normalized spacial score (nSPS) is 11.4. The van der Waals surface area contributed by atoms with Gasteiger partial charge in [0.1, 0.15) is 12.4 Å². The average molecular weight is 602 g/mol. The maximum Gasteiger partial charge on any atom is 0.264 e. The number of anilines is 3. The molecule has 1 aromatic heterocycles. The van der Waals surface area contributed by atoms with E-state index >= 15 is 0 Å². The number of methoxy groups -OCH3 is 2. The molecular weight excluding hydrogens is 577 g/mol. The predicted molar refractivity (Wildman–Crippen MR) is 148 cm³/mol. The topological polar surface area (TPSA) is 157 Å². The van der Waals surface area contributed by atoms with Crippen LogP contribution in [0.5, 0.6) is 11.5 Å². The van der Waals surface area contributed by atoms with Crippen molar-refractivity contribution in [2.24, 2.45) is 0 Å². The molecule has 0 saturated heterocycles. The number of sulfonamides is 2. The van der Waals surface area contributed by atoms with Crippen molar-refractivity contribution < 1.29 is 35.5 Å². The first-order chi connectivity index (χ1) is 19.5. The Balaban J connectivity index is 1.56. The van der Waals surface area contributed by atoms with Gasteiger partial charge in [-0.15, -0.1) is 0 Å². The monoisotopic (exact) mass is 601 g/mol. The molecule has 0 aliphatic carbocycles. The Hall–Kier alpha value is -4.76. The zero-order valence-corrected chi connectivity index (χ0v) is 23.3. The highest BCUT2D eigenvalue weighted by molar-refractivity contribution is 7.93. The van der Waals surface area contributed by atoms with Crippen LogP contribution in [0.15, 0.2) is 95.0 Å². The fourth-order valence-corrected chi connectivity index (χ4v) is 6.00. The predicted octanol–water partition coefficient (Wildman–Crippen LogP) is 3.27. The number of benzene rings is 3. The van der Waals surface area contributed by atoms with Gasteiger partial charge in [0.15, 0.2) is 11.5 Å². The Morgan fingerprint density at radius 3 is 2.07 bits per heavy atom. The molecule has 41 heavy (non-hydrogen) atoms. The molecule has 4 aromatic rings. The molecule has 3 aromatic carbocycles. The molecule has 0 spiro atoms. The Labute approximate surface area is 235 Å². The number of amides is 1. The van der Waals surface area contributed by atoms with Crippen LogP contribution in [0.2, 0.25) is 0 Å². The second-order valence-corrected chi connectivity index (χ2v) is 11.8. The Kier molecular flexibility index (Phi) is 8.68. The number of halogens is 1. The number of nitrogens with zero attached hydrogens (tertiary/aromatic N) is 3. The fraction of sp³-hybridized carbons (Fsp3) is 0.115. The van der Waals surface area contributed by atoms with E-state index in [1.54, 1.807) is 0 Å². The van der Waals surface area contributed by atoms with Crippen LogP contribution in [0.3, 0.4) is 0 Å². The van der Waals surface area contributed by atoms with Crippen molar-refractivity contribution >= 4 is 43.3 Å². The van der Waals surface area contributed by atoms with Crippen LogP contribution < -0.4 is 23.8 Å². The summed E-state index contributed by atoms with van der Waals surface area (Å²) in [6, 6.07) is 15.2. The Morgan fingerprint density at radius 2 is 1.46 bits per heavy atom. The molecule has 214 valence electrons. The van der Waals surface area contributed by atoms with Gasteiger partial charge in [-0.3, -0.25) is 9.10 Å². The summed E-state index contributed by atoms with van der Waals surface area (Å²) in [6.45, 7) is -0.685. The van der Waals surface area contributed by atoms with Gasteiger partial charge in [-0.25, -0.2) is 35.9 Å². The summed E-state index contributed by atoms with van der Waals surface area (Å²) in [4.78, 5) is 20.3. The third kappa shape index (κ3) is 6.88. The van der Waals surface area contributed by atoms with E-state index < -0.39 is 38.3 Å². The number of ether oxygens (including phenoxy) is 2. The van der Waals surface area contributed by atoms with Gasteiger partial charge in [0.2, 0.25) is 11.9 Å². The van der Waals surface area contributed by atoms with Gasteiger partial charge in [-0.2, -0.15) is 0 Å². The summed E-state index contributed by atoms with van der Waals surface area (Å²) >= 11 is 0. The lowest BCUT2D eigenvalue weighted by Gasteiger charge is -2.24. The van der Waals surface area contributed by atoms with E-state index in [9.17, 15) is 26.0 Å². The first kappa shape index (κ1) is 29.2. The highest BCUT2D eigenvalue weighted by atomic mass is 32.2. The van der Waals surface area contributed by atoms with Gasteiger partial charge in [0.25, 0.3) is 20.0 Å². The number of nitrogens with one attached hydrogen (secondary N) is 2. The standard InChI is InChI=1S/C26H24FN5O7S2/c1-38-23-13-12-22(16-24(23)39-2)41(36,37)32(20-8-4-18(27)5-9-20)17-25(33)30-19-6-10-21(11-7-19)40(34,35)31-26-28-14-3-15-29-26/h3-16H,17H2,1-2H3,(H,30,33)(H,28,29,31). The highest BCUT2D eigenvalue weighted by Crippen LogP contribution is 2.32. The summed E-state index contributed by atoms with van der Waals surface area (Å²) in [7, 11) is -5.61. The molecule has 0 bridgehead atoms. The molecule has 1 amide bonds. The second kappa shape index (κ2) is 12.2. The Morgan fingerprint density at radius 1 is 0.854 bits per heavy atom. The highest BCUT2D eigenvalue weighted by Gasteiger charge is 2.28. The third-order valence-electron chi connectivity index (χ3n) is 5.58. The first-order valence-electron chi connectivity index (χ1n) is 11.7. The number of hydrogen-bond acceptors (Lipinski definition) is 9. The molecule has 0 saturated carbocycles. The fourth-order valence-electron chi connectivity index (χ4n) is 3.61. The zero-order chi connectivity index (χ0) is 29.6. The van der Waals surface area contributed by atoms with Crippen LogP contribution >= 0.6 is 0 Å². The Bertz CT molecular complexity index is 1740. The van der Waals surface area contributed by atoms with Crippen LogP contribution in [0.1, 0.15) is 0 Å². The minimum atomic E-state index is -4.35. The lowest BCUT2D eigenvalue weighted by Crippen LogP contribution is -2.38. The van der Waals surface area contributed by atoms with Crippen LogP contribution in [0.25, 0.3) is 0 Å². The van der Waals surface area contributed by atoms with Gasteiger partial charge in [0.05, 0.1) is 29.7 Å². The number of hydrogen-bond donors (Lipinski definition) is 2. The summed E-state index contributed by atoms with van der Waals surface area (Å²) in [5.74, 6) is -0.994. The minimum absolute atomic E-state index is 0.0342. The molecule has 1 heterocycles. The molecule has 0 radical (unpaired) electrons. The van der Waals surface area contributed by atoms with Crippen molar-refractivity contribution in [3.8, 4) is 11.5 Å². The van der Waals surface area contributed by atoms with E-state index in [0.717, 1.165) is 16.4 Å². The average Bonchev–Trinajstić information content (AvgIpc) is 2.96. The van der Waals surface area contributed by atoms with E-state index in [2.05, 4.69) is 20.0 Å². The van der Waals surface area contributed by atoms with Crippen molar-refractivity contribution in [2.75, 3.05) is 35.1 Å². The van der Waals surface area contributed by atoms with E-state index in [-0.39, 0.29) is 32.9 Å². The number of carbonyl (C=O) groups is 1. The van der Waals surface area contributed by atoms with Crippen molar-refractivity contribution in [1.82, 2.24) is 9.97 Å². The van der Waals surface area contributed by atoms with E-state index in [4.69, 9.17) is 9.47 Å². The lowest BCUT2D eigenvalue weighted by molar-refractivity contribution is -0.114. The van der Waals surface area contributed by atoms with E-state index in [1.165, 1.54) is 87.3 Å². The molecule has 15 heteroatoms. The summed E-state index contributed by atoms with van der Waals surface area (Å²) in [5, 5.41) is 2.54. The smallest absolute Gasteiger partial charge is 0.264 e. The van der Waals surface area contributed by atoms with Gasteiger partial charge in [0, 0.05) is 24.1 Å². The zero-order valence-electron chi connectivity index (χ0n) is 21.7. The molecule has 4 rings (SSSR count). The van der Waals surface area contributed by atoms with Crippen LogP contribution in [-0.4, -0.2) is 53.5 Å². The molecule has 12 nitrogen and oxygen atoms in total. The third-order valence-corrected chi connectivity index (χ3v) is 8.70. The molecule has 0 aliphatic heterocycles. The van der Waals surface area contributed by atoms with E-state index in [0.29, 0.717) is 5.75 Å².